The Morgan fingerprint density at radius 3 is 2.40 bits per heavy atom. The molecule has 4 heteroatoms. The number of nitrogens with one attached hydrogen (secondary N) is 1. The molecule has 0 aromatic heterocycles. The zero-order chi connectivity index (χ0) is 7.98. The molecule has 0 aliphatic rings. The van der Waals surface area contributed by atoms with Gasteiger partial charge in [-0.1, -0.05) is 0 Å². The number of rotatable bonds is 3. The van der Waals surface area contributed by atoms with Crippen LogP contribution in [-0.4, -0.2) is 27.2 Å². The number of carbonyl (C=O) groups is 1. The lowest BCUT2D eigenvalue weighted by Gasteiger charge is -2.01. The molecule has 0 aliphatic heterocycles. The van der Waals surface area contributed by atoms with Crippen LogP contribution in [0.3, 0.4) is 0 Å². The predicted octanol–water partition coefficient (Wildman–Crippen LogP) is -0.133. The number of methoxy groups -OCH3 is 2. The average molecular weight is 145 g/mol. The highest BCUT2D eigenvalue weighted by Gasteiger charge is 2.05. The van der Waals surface area contributed by atoms with E-state index in [2.05, 4.69) is 14.8 Å². The topological polar surface area (TPSA) is 47.6 Å². The van der Waals surface area contributed by atoms with Gasteiger partial charge in [-0.3, -0.25) is 0 Å². The minimum absolute atomic E-state index is 0.296. The molecular formula is C6H11NO3. The summed E-state index contributed by atoms with van der Waals surface area (Å²) < 4.78 is 9.00. The summed E-state index contributed by atoms with van der Waals surface area (Å²) in [6.45, 7) is 0. The molecule has 1 N–H and O–H groups in total. The summed E-state index contributed by atoms with van der Waals surface area (Å²) in [5.74, 6) is -0.440. The predicted molar refractivity (Wildman–Crippen MR) is 36.2 cm³/mol. The SMILES string of the molecule is CN/C(=C\OC)C(=O)OC. The molecular weight excluding hydrogens is 134 g/mol. The first-order chi connectivity index (χ1) is 4.76. The van der Waals surface area contributed by atoms with Gasteiger partial charge in [0.2, 0.25) is 0 Å². The maximum Gasteiger partial charge on any atom is 0.357 e. The van der Waals surface area contributed by atoms with Gasteiger partial charge in [0.25, 0.3) is 0 Å². The second-order valence-corrected chi connectivity index (χ2v) is 1.51. The molecule has 0 fully saturated rings. The molecule has 0 aliphatic carbocycles. The van der Waals surface area contributed by atoms with Gasteiger partial charge in [0.1, 0.15) is 6.26 Å². The van der Waals surface area contributed by atoms with Gasteiger partial charge in [-0.25, -0.2) is 4.79 Å². The Morgan fingerprint density at radius 2 is 2.10 bits per heavy atom. The second-order valence-electron chi connectivity index (χ2n) is 1.51. The molecule has 0 aromatic rings. The van der Waals surface area contributed by atoms with Crippen molar-refractivity contribution < 1.29 is 14.3 Å². The first-order valence-corrected chi connectivity index (χ1v) is 2.75. The lowest BCUT2D eigenvalue weighted by Crippen LogP contribution is -2.17. The molecule has 0 radical (unpaired) electrons. The zero-order valence-electron chi connectivity index (χ0n) is 6.30. The smallest absolute Gasteiger partial charge is 0.357 e. The van der Waals surface area contributed by atoms with Gasteiger partial charge < -0.3 is 14.8 Å². The third kappa shape index (κ3) is 2.39. The fourth-order valence-electron chi connectivity index (χ4n) is 0.437. The second kappa shape index (κ2) is 4.67. The Balaban J connectivity index is 4.06. The van der Waals surface area contributed by atoms with Crippen LogP contribution in [0.2, 0.25) is 0 Å². The maximum absolute atomic E-state index is 10.7. The molecule has 0 heterocycles. The molecule has 10 heavy (non-hydrogen) atoms. The van der Waals surface area contributed by atoms with Crippen LogP contribution in [0.25, 0.3) is 0 Å². The van der Waals surface area contributed by atoms with E-state index < -0.39 is 5.97 Å². The minimum atomic E-state index is -0.440. The van der Waals surface area contributed by atoms with Crippen molar-refractivity contribution in [2.75, 3.05) is 21.3 Å². The van der Waals surface area contributed by atoms with Gasteiger partial charge in [-0.15, -0.1) is 0 Å². The summed E-state index contributed by atoms with van der Waals surface area (Å²) in [5, 5.41) is 2.62. The number of hydrogen-bond donors (Lipinski definition) is 1. The third-order valence-electron chi connectivity index (χ3n) is 0.910. The van der Waals surface area contributed by atoms with Crippen molar-refractivity contribution in [1.82, 2.24) is 5.32 Å². The molecule has 0 saturated heterocycles. The third-order valence-corrected chi connectivity index (χ3v) is 0.910. The van der Waals surface area contributed by atoms with Crippen LogP contribution < -0.4 is 5.32 Å². The van der Waals surface area contributed by atoms with Crippen molar-refractivity contribution in [3.05, 3.63) is 12.0 Å². The highest BCUT2D eigenvalue weighted by molar-refractivity contribution is 5.87. The Labute approximate surface area is 59.8 Å². The highest BCUT2D eigenvalue weighted by atomic mass is 16.5. The Hall–Kier alpha value is -1.19. The first kappa shape index (κ1) is 8.81. The Bertz CT molecular complexity index is 142. The molecule has 58 valence electrons. The largest absolute Gasteiger partial charge is 0.502 e. The van der Waals surface area contributed by atoms with Gasteiger partial charge in [-0.2, -0.15) is 0 Å². The standard InChI is InChI=1S/C6H11NO3/c1-7-5(4-9-2)6(8)10-3/h4,7H,1-3H3/b5-4-. The Morgan fingerprint density at radius 1 is 1.50 bits per heavy atom. The molecule has 0 saturated carbocycles. The van der Waals surface area contributed by atoms with Crippen molar-refractivity contribution in [2.24, 2.45) is 0 Å². The van der Waals surface area contributed by atoms with E-state index in [9.17, 15) is 4.79 Å². The number of ether oxygens (including phenoxy) is 2. The number of carbonyl (C=O) groups excluding carboxylic acids is 1. The fraction of sp³-hybridized carbons (Fsp3) is 0.500. The summed E-state index contributed by atoms with van der Waals surface area (Å²) in [6, 6.07) is 0. The fourth-order valence-corrected chi connectivity index (χ4v) is 0.437. The molecule has 0 rings (SSSR count). The van der Waals surface area contributed by atoms with Gasteiger partial charge in [0.15, 0.2) is 5.70 Å². The van der Waals surface area contributed by atoms with Crippen LogP contribution in [0.15, 0.2) is 12.0 Å². The van der Waals surface area contributed by atoms with Crippen molar-refractivity contribution in [3.63, 3.8) is 0 Å². The number of esters is 1. The molecule has 0 aromatic carbocycles. The first-order valence-electron chi connectivity index (χ1n) is 2.75. The summed E-state index contributed by atoms with van der Waals surface area (Å²) in [6.07, 6.45) is 1.28. The van der Waals surface area contributed by atoms with Crippen molar-refractivity contribution in [2.45, 2.75) is 0 Å². The quantitative estimate of drug-likeness (QED) is 0.341. The summed E-state index contributed by atoms with van der Waals surface area (Å²) >= 11 is 0. The van der Waals surface area contributed by atoms with Crippen LogP contribution in [-0.2, 0) is 14.3 Å². The Kier molecular flexibility index (Phi) is 4.11. The van der Waals surface area contributed by atoms with Crippen LogP contribution in [0.4, 0.5) is 0 Å². The highest BCUT2D eigenvalue weighted by Crippen LogP contribution is 1.90. The van der Waals surface area contributed by atoms with E-state index in [0.717, 1.165) is 0 Å². The van der Waals surface area contributed by atoms with E-state index in [0.29, 0.717) is 5.70 Å². The monoisotopic (exact) mass is 145 g/mol. The number of hydrogen-bond acceptors (Lipinski definition) is 4. The van der Waals surface area contributed by atoms with Crippen molar-refractivity contribution in [1.29, 1.82) is 0 Å². The lowest BCUT2D eigenvalue weighted by molar-refractivity contribution is -0.136. The summed E-state index contributed by atoms with van der Waals surface area (Å²) in [5.41, 5.74) is 0.296. The van der Waals surface area contributed by atoms with E-state index in [-0.39, 0.29) is 0 Å². The molecule has 0 bridgehead atoms. The molecule has 0 spiro atoms. The zero-order valence-corrected chi connectivity index (χ0v) is 6.30. The van der Waals surface area contributed by atoms with E-state index in [4.69, 9.17) is 0 Å². The van der Waals surface area contributed by atoms with Gasteiger partial charge >= 0.3 is 5.97 Å². The summed E-state index contributed by atoms with van der Waals surface area (Å²) in [4.78, 5) is 10.7. The lowest BCUT2D eigenvalue weighted by atomic mass is 10.5. The molecule has 0 atom stereocenters. The minimum Gasteiger partial charge on any atom is -0.502 e. The van der Waals surface area contributed by atoms with Crippen LogP contribution in [0, 0.1) is 0 Å². The van der Waals surface area contributed by atoms with Crippen molar-refractivity contribution >= 4 is 5.97 Å². The average Bonchev–Trinajstić information content (AvgIpc) is 1.99. The summed E-state index contributed by atoms with van der Waals surface area (Å²) in [7, 11) is 4.38. The van der Waals surface area contributed by atoms with E-state index >= 15 is 0 Å². The van der Waals surface area contributed by atoms with E-state index in [1.165, 1.54) is 20.5 Å². The van der Waals surface area contributed by atoms with Gasteiger partial charge in [0.05, 0.1) is 14.2 Å². The van der Waals surface area contributed by atoms with Gasteiger partial charge in [0, 0.05) is 7.05 Å². The van der Waals surface area contributed by atoms with Gasteiger partial charge in [-0.05, 0) is 0 Å². The van der Waals surface area contributed by atoms with Crippen molar-refractivity contribution in [3.8, 4) is 0 Å². The van der Waals surface area contributed by atoms with Crippen LogP contribution in [0.5, 0.6) is 0 Å². The molecule has 0 unspecified atom stereocenters. The molecule has 4 nitrogen and oxygen atoms in total. The van der Waals surface area contributed by atoms with E-state index in [1.54, 1.807) is 7.05 Å². The van der Waals surface area contributed by atoms with Crippen LogP contribution in [0.1, 0.15) is 0 Å². The normalized spacial score (nSPS) is 10.5. The van der Waals surface area contributed by atoms with E-state index in [1.807, 2.05) is 0 Å². The maximum atomic E-state index is 10.7. The van der Waals surface area contributed by atoms with Crippen LogP contribution >= 0.6 is 0 Å². The molecule has 0 amide bonds. The number of likely N-dealkylation sites (N-methyl/N-ethyl adjacent to an activating group) is 1.